The molecule has 0 saturated carbocycles. The lowest BCUT2D eigenvalue weighted by Crippen LogP contribution is -2.40. The molecule has 3 heteroatoms. The first-order valence-electron chi connectivity index (χ1n) is 5.03. The molecule has 1 amide bonds. The van der Waals surface area contributed by atoms with Gasteiger partial charge in [-0.3, -0.25) is 4.79 Å². The van der Waals surface area contributed by atoms with Crippen LogP contribution in [-0.2, 0) is 9.53 Å². The number of carbonyl (C=O) groups is 1. The molecule has 0 bridgehead atoms. The summed E-state index contributed by atoms with van der Waals surface area (Å²) in [7, 11) is 0. The predicted molar refractivity (Wildman–Crippen MR) is 58.1 cm³/mol. The minimum atomic E-state index is -0.389. The molecule has 0 aliphatic rings. The van der Waals surface area contributed by atoms with Gasteiger partial charge in [0.2, 0.25) is 5.91 Å². The lowest BCUT2D eigenvalue weighted by atomic mass is 10.1. The van der Waals surface area contributed by atoms with Crippen molar-refractivity contribution in [3.63, 3.8) is 0 Å². The Morgan fingerprint density at radius 3 is 2.43 bits per heavy atom. The van der Waals surface area contributed by atoms with Gasteiger partial charge in [0, 0.05) is 19.1 Å². The van der Waals surface area contributed by atoms with E-state index in [1.807, 2.05) is 27.7 Å². The number of carbonyl (C=O) groups excluding carboxylic acids is 1. The van der Waals surface area contributed by atoms with Crippen molar-refractivity contribution in [3.05, 3.63) is 12.2 Å². The fourth-order valence-electron chi connectivity index (χ4n) is 1.12. The molecular weight excluding hydrogens is 178 g/mol. The summed E-state index contributed by atoms with van der Waals surface area (Å²) in [5.41, 5.74) is 0.961. The van der Waals surface area contributed by atoms with E-state index in [9.17, 15) is 4.79 Å². The highest BCUT2D eigenvalue weighted by atomic mass is 16.5. The molecule has 0 radical (unpaired) electrons. The van der Waals surface area contributed by atoms with Gasteiger partial charge in [-0.15, -0.1) is 6.58 Å². The van der Waals surface area contributed by atoms with Gasteiger partial charge in [0.05, 0.1) is 0 Å². The lowest BCUT2D eigenvalue weighted by Gasteiger charge is -2.18. The van der Waals surface area contributed by atoms with Crippen molar-refractivity contribution >= 4 is 5.91 Å². The molecule has 0 aliphatic carbocycles. The van der Waals surface area contributed by atoms with Crippen molar-refractivity contribution < 1.29 is 9.53 Å². The van der Waals surface area contributed by atoms with E-state index in [2.05, 4.69) is 11.9 Å². The number of nitrogens with one attached hydrogen (secondary N) is 1. The molecule has 1 atom stereocenters. The van der Waals surface area contributed by atoms with Gasteiger partial charge in [-0.25, -0.2) is 0 Å². The fourth-order valence-corrected chi connectivity index (χ4v) is 1.12. The van der Waals surface area contributed by atoms with Crippen LogP contribution in [0.2, 0.25) is 0 Å². The normalized spacial score (nSPS) is 12.6. The van der Waals surface area contributed by atoms with Gasteiger partial charge in [-0.05, 0) is 27.7 Å². The van der Waals surface area contributed by atoms with Crippen LogP contribution in [0.15, 0.2) is 12.2 Å². The van der Waals surface area contributed by atoms with Gasteiger partial charge >= 0.3 is 0 Å². The van der Waals surface area contributed by atoms with Crippen LogP contribution in [0.4, 0.5) is 0 Å². The Morgan fingerprint density at radius 2 is 2.07 bits per heavy atom. The highest BCUT2D eigenvalue weighted by Crippen LogP contribution is 2.06. The first-order valence-corrected chi connectivity index (χ1v) is 5.03. The topological polar surface area (TPSA) is 38.3 Å². The Bertz CT molecular complexity index is 199. The monoisotopic (exact) mass is 199 g/mol. The van der Waals surface area contributed by atoms with Crippen molar-refractivity contribution in [2.75, 3.05) is 6.61 Å². The molecule has 82 valence electrons. The second-order valence-corrected chi connectivity index (χ2v) is 3.77. The van der Waals surface area contributed by atoms with Crippen molar-refractivity contribution in [1.82, 2.24) is 5.32 Å². The van der Waals surface area contributed by atoms with E-state index >= 15 is 0 Å². The molecule has 0 saturated heterocycles. The lowest BCUT2D eigenvalue weighted by molar-refractivity contribution is -0.133. The molecule has 0 aromatic carbocycles. The van der Waals surface area contributed by atoms with Crippen molar-refractivity contribution in [3.8, 4) is 0 Å². The van der Waals surface area contributed by atoms with Gasteiger partial charge in [0.1, 0.15) is 6.10 Å². The maximum absolute atomic E-state index is 11.6. The summed E-state index contributed by atoms with van der Waals surface area (Å²) < 4.78 is 5.34. The zero-order chi connectivity index (χ0) is 11.1. The first-order chi connectivity index (χ1) is 6.47. The van der Waals surface area contributed by atoms with E-state index in [1.54, 1.807) is 0 Å². The highest BCUT2D eigenvalue weighted by molar-refractivity contribution is 5.81. The summed E-state index contributed by atoms with van der Waals surface area (Å²) in [6, 6.07) is 0.149. The van der Waals surface area contributed by atoms with Crippen LogP contribution < -0.4 is 5.32 Å². The number of hydrogen-bond acceptors (Lipinski definition) is 2. The Labute approximate surface area is 86.5 Å². The predicted octanol–water partition coefficient (Wildman–Crippen LogP) is 1.88. The first kappa shape index (κ1) is 13.2. The molecule has 0 aliphatic heterocycles. The van der Waals surface area contributed by atoms with Crippen LogP contribution in [0.5, 0.6) is 0 Å². The summed E-state index contributed by atoms with van der Waals surface area (Å²) in [5, 5.41) is 2.83. The van der Waals surface area contributed by atoms with E-state index < -0.39 is 0 Å². The minimum absolute atomic E-state index is 0.0511. The number of ether oxygens (including phenoxy) is 1. The van der Waals surface area contributed by atoms with E-state index in [-0.39, 0.29) is 18.1 Å². The Kier molecular flexibility index (Phi) is 6.21. The molecular formula is C11H21NO2. The van der Waals surface area contributed by atoms with Gasteiger partial charge < -0.3 is 10.1 Å². The molecule has 0 spiro atoms. The summed E-state index contributed by atoms with van der Waals surface area (Å²) in [6.45, 7) is 12.0. The molecule has 0 aromatic heterocycles. The van der Waals surface area contributed by atoms with Gasteiger partial charge in [-0.2, -0.15) is 0 Å². The molecule has 0 aromatic rings. The molecule has 14 heavy (non-hydrogen) atoms. The Hall–Kier alpha value is -0.830. The molecule has 0 rings (SSSR count). The zero-order valence-electron chi connectivity index (χ0n) is 9.59. The molecule has 1 N–H and O–H groups in total. The van der Waals surface area contributed by atoms with Crippen LogP contribution in [-0.4, -0.2) is 24.7 Å². The molecule has 3 nitrogen and oxygen atoms in total. The Morgan fingerprint density at radius 1 is 1.50 bits per heavy atom. The maximum Gasteiger partial charge on any atom is 0.249 e. The van der Waals surface area contributed by atoms with E-state index in [1.165, 1.54) is 0 Å². The molecule has 1 unspecified atom stereocenters. The molecule has 0 heterocycles. The third-order valence-electron chi connectivity index (χ3n) is 1.63. The van der Waals surface area contributed by atoms with Gasteiger partial charge in [-0.1, -0.05) is 5.57 Å². The van der Waals surface area contributed by atoms with Crippen LogP contribution in [0.25, 0.3) is 0 Å². The number of rotatable bonds is 6. The third kappa shape index (κ3) is 5.75. The van der Waals surface area contributed by atoms with Crippen LogP contribution in [0.1, 0.15) is 34.1 Å². The van der Waals surface area contributed by atoms with Crippen LogP contribution in [0, 0.1) is 0 Å². The standard InChI is InChI=1S/C11H21NO2/c1-6-14-10(7-8(2)3)11(13)12-9(4)5/h9-10H,2,6-7H2,1,3-5H3,(H,12,13). The number of amides is 1. The fraction of sp³-hybridized carbons (Fsp3) is 0.727. The van der Waals surface area contributed by atoms with Crippen molar-refractivity contribution in [2.24, 2.45) is 0 Å². The largest absolute Gasteiger partial charge is 0.368 e. The molecule has 0 fully saturated rings. The second kappa shape index (κ2) is 6.60. The average molecular weight is 199 g/mol. The van der Waals surface area contributed by atoms with E-state index in [0.29, 0.717) is 13.0 Å². The smallest absolute Gasteiger partial charge is 0.249 e. The zero-order valence-corrected chi connectivity index (χ0v) is 9.59. The Balaban J connectivity index is 4.17. The SMILES string of the molecule is C=C(C)CC(OCC)C(=O)NC(C)C. The summed E-state index contributed by atoms with van der Waals surface area (Å²) in [5.74, 6) is -0.0511. The van der Waals surface area contributed by atoms with Crippen LogP contribution >= 0.6 is 0 Å². The van der Waals surface area contributed by atoms with Crippen molar-refractivity contribution in [2.45, 2.75) is 46.3 Å². The van der Waals surface area contributed by atoms with E-state index in [4.69, 9.17) is 4.74 Å². The minimum Gasteiger partial charge on any atom is -0.368 e. The maximum atomic E-state index is 11.6. The van der Waals surface area contributed by atoms with E-state index in [0.717, 1.165) is 5.57 Å². The third-order valence-corrected chi connectivity index (χ3v) is 1.63. The second-order valence-electron chi connectivity index (χ2n) is 3.77. The van der Waals surface area contributed by atoms with Crippen LogP contribution in [0.3, 0.4) is 0 Å². The average Bonchev–Trinajstić information content (AvgIpc) is 2.01. The number of hydrogen-bond donors (Lipinski definition) is 1. The summed E-state index contributed by atoms with van der Waals surface area (Å²) in [4.78, 5) is 11.6. The summed E-state index contributed by atoms with van der Waals surface area (Å²) >= 11 is 0. The highest BCUT2D eigenvalue weighted by Gasteiger charge is 2.18. The van der Waals surface area contributed by atoms with Gasteiger partial charge in [0.15, 0.2) is 0 Å². The summed E-state index contributed by atoms with van der Waals surface area (Å²) in [6.07, 6.45) is 0.201. The van der Waals surface area contributed by atoms with Crippen molar-refractivity contribution in [1.29, 1.82) is 0 Å². The quantitative estimate of drug-likeness (QED) is 0.663. The van der Waals surface area contributed by atoms with Gasteiger partial charge in [0.25, 0.3) is 0 Å².